The third-order valence-corrected chi connectivity index (χ3v) is 2.92. The smallest absolute Gasteiger partial charge is 0.159 e. The second-order valence-electron chi connectivity index (χ2n) is 4.69. The molecule has 0 aliphatic heterocycles. The minimum Gasteiger partial charge on any atom is -0.295 e. The van der Waals surface area contributed by atoms with E-state index in [0.717, 1.165) is 24.0 Å². The molecule has 0 atom stereocenters. The Morgan fingerprint density at radius 3 is 1.38 bits per heavy atom. The molecule has 0 heterocycles. The summed E-state index contributed by atoms with van der Waals surface area (Å²) in [5.41, 5.74) is 1.70. The Morgan fingerprint density at radius 2 is 1.14 bits per heavy atom. The van der Waals surface area contributed by atoms with Crippen molar-refractivity contribution in [1.82, 2.24) is 0 Å². The SMILES string of the molecule is CCCC(=O)C1=CC=C[CH]1.CCCC(=O)C1=CC=C[CH]1.[Fe]. The third kappa shape index (κ3) is 7.40. The summed E-state index contributed by atoms with van der Waals surface area (Å²) in [5.74, 6) is 0.514. The number of allylic oxidation sites excluding steroid dienone is 8. The fourth-order valence-corrected chi connectivity index (χ4v) is 1.86. The van der Waals surface area contributed by atoms with E-state index < -0.39 is 0 Å². The van der Waals surface area contributed by atoms with Crippen LogP contribution in [0.4, 0.5) is 0 Å². The molecule has 21 heavy (non-hydrogen) atoms. The molecule has 2 aliphatic rings. The molecule has 0 aromatic heterocycles. The van der Waals surface area contributed by atoms with Gasteiger partial charge < -0.3 is 0 Å². The molecule has 0 N–H and O–H groups in total. The van der Waals surface area contributed by atoms with E-state index in [0.29, 0.717) is 12.8 Å². The molecule has 2 aliphatic carbocycles. The van der Waals surface area contributed by atoms with Gasteiger partial charge in [-0.2, -0.15) is 0 Å². The van der Waals surface area contributed by atoms with Crippen LogP contribution in [0.25, 0.3) is 0 Å². The summed E-state index contributed by atoms with van der Waals surface area (Å²) in [4.78, 5) is 22.2. The number of hydrogen-bond acceptors (Lipinski definition) is 2. The molecule has 0 unspecified atom stereocenters. The van der Waals surface area contributed by atoms with Crippen molar-refractivity contribution in [2.45, 2.75) is 39.5 Å². The molecular formula is C18H22FeO2. The summed E-state index contributed by atoms with van der Waals surface area (Å²) in [7, 11) is 0. The van der Waals surface area contributed by atoms with E-state index in [1.54, 1.807) is 0 Å². The van der Waals surface area contributed by atoms with Gasteiger partial charge in [0, 0.05) is 53.9 Å². The van der Waals surface area contributed by atoms with Gasteiger partial charge in [-0.05, 0) is 12.8 Å². The van der Waals surface area contributed by atoms with Crippen LogP contribution in [0.1, 0.15) is 39.5 Å². The average Bonchev–Trinajstić information content (AvgIpc) is 3.14. The van der Waals surface area contributed by atoms with E-state index in [-0.39, 0.29) is 28.6 Å². The average molecular weight is 326 g/mol. The molecule has 114 valence electrons. The predicted molar refractivity (Wildman–Crippen MR) is 82.9 cm³/mol. The Hall–Kier alpha value is -1.18. The minimum absolute atomic E-state index is 0. The topological polar surface area (TPSA) is 34.1 Å². The maximum Gasteiger partial charge on any atom is 0.159 e. The molecule has 2 radical (unpaired) electrons. The van der Waals surface area contributed by atoms with Crippen molar-refractivity contribution in [3.63, 3.8) is 0 Å². The largest absolute Gasteiger partial charge is 0.295 e. The Morgan fingerprint density at radius 1 is 0.762 bits per heavy atom. The molecular weight excluding hydrogens is 304 g/mol. The van der Waals surface area contributed by atoms with Gasteiger partial charge in [0.15, 0.2) is 11.6 Å². The van der Waals surface area contributed by atoms with E-state index in [9.17, 15) is 9.59 Å². The fraction of sp³-hybridized carbons (Fsp3) is 0.333. The van der Waals surface area contributed by atoms with Crippen LogP contribution in [-0.4, -0.2) is 11.6 Å². The van der Waals surface area contributed by atoms with Crippen molar-refractivity contribution < 1.29 is 26.7 Å². The van der Waals surface area contributed by atoms with E-state index in [2.05, 4.69) is 0 Å². The number of carbonyl (C=O) groups is 2. The fourth-order valence-electron chi connectivity index (χ4n) is 1.86. The van der Waals surface area contributed by atoms with E-state index in [1.165, 1.54) is 0 Å². The molecule has 0 saturated heterocycles. The van der Waals surface area contributed by atoms with Gasteiger partial charge in [0.05, 0.1) is 0 Å². The molecule has 0 spiro atoms. The van der Waals surface area contributed by atoms with Crippen molar-refractivity contribution in [1.29, 1.82) is 0 Å². The van der Waals surface area contributed by atoms with Crippen molar-refractivity contribution >= 4 is 11.6 Å². The molecule has 2 rings (SSSR count). The van der Waals surface area contributed by atoms with Crippen LogP contribution in [0.5, 0.6) is 0 Å². The van der Waals surface area contributed by atoms with Crippen molar-refractivity contribution in [3.8, 4) is 0 Å². The maximum absolute atomic E-state index is 11.1. The summed E-state index contributed by atoms with van der Waals surface area (Å²) in [6.07, 6.45) is 18.2. The summed E-state index contributed by atoms with van der Waals surface area (Å²) >= 11 is 0. The summed E-state index contributed by atoms with van der Waals surface area (Å²) in [6.45, 7) is 4.03. The zero-order valence-corrected chi connectivity index (χ0v) is 13.7. The van der Waals surface area contributed by atoms with Crippen LogP contribution < -0.4 is 0 Å². The monoisotopic (exact) mass is 326 g/mol. The Labute approximate surface area is 138 Å². The quantitative estimate of drug-likeness (QED) is 0.689. The van der Waals surface area contributed by atoms with Crippen LogP contribution in [-0.2, 0) is 26.7 Å². The summed E-state index contributed by atoms with van der Waals surface area (Å²) in [5, 5.41) is 0. The first-order valence-corrected chi connectivity index (χ1v) is 7.18. The number of hydrogen-bond donors (Lipinski definition) is 0. The molecule has 0 aromatic rings. The molecule has 2 nitrogen and oxygen atoms in total. The number of Topliss-reactive ketones (excluding diaryl/α,β-unsaturated/α-hetero) is 2. The van der Waals surface area contributed by atoms with Gasteiger partial charge >= 0.3 is 0 Å². The van der Waals surface area contributed by atoms with Gasteiger partial charge in [0.1, 0.15) is 0 Å². The minimum atomic E-state index is 0. The Bertz CT molecular complexity index is 424. The number of carbonyl (C=O) groups excluding carboxylic acids is 2. The maximum atomic E-state index is 11.1. The van der Waals surface area contributed by atoms with Gasteiger partial charge in [0.25, 0.3) is 0 Å². The number of ketones is 2. The second-order valence-corrected chi connectivity index (χ2v) is 4.69. The first-order valence-electron chi connectivity index (χ1n) is 7.18. The zero-order valence-electron chi connectivity index (χ0n) is 12.6. The molecule has 0 bridgehead atoms. The zero-order chi connectivity index (χ0) is 14.8. The molecule has 0 fully saturated rings. The van der Waals surface area contributed by atoms with Gasteiger partial charge in [-0.15, -0.1) is 0 Å². The van der Waals surface area contributed by atoms with Crippen LogP contribution in [0.3, 0.4) is 0 Å². The normalized spacial score (nSPS) is 14.8. The summed E-state index contributed by atoms with van der Waals surface area (Å²) in [6, 6.07) is 0. The standard InChI is InChI=1S/2C9H11O.Fe/c2*1-2-5-9(10)8-6-3-4-7-8;/h2*3-4,6-7H,2,5H2,1H3;. The van der Waals surface area contributed by atoms with Crippen LogP contribution in [0, 0.1) is 12.8 Å². The van der Waals surface area contributed by atoms with Crippen LogP contribution in [0.2, 0.25) is 0 Å². The first kappa shape index (κ1) is 19.8. The molecule has 0 amide bonds. The van der Waals surface area contributed by atoms with Crippen molar-refractivity contribution in [2.75, 3.05) is 0 Å². The van der Waals surface area contributed by atoms with Gasteiger partial charge in [-0.25, -0.2) is 0 Å². The van der Waals surface area contributed by atoms with Gasteiger partial charge in [-0.3, -0.25) is 9.59 Å². The van der Waals surface area contributed by atoms with Gasteiger partial charge in [0.2, 0.25) is 0 Å². The van der Waals surface area contributed by atoms with Crippen molar-refractivity contribution in [3.05, 3.63) is 60.4 Å². The third-order valence-electron chi connectivity index (χ3n) is 2.92. The molecule has 0 saturated carbocycles. The second kappa shape index (κ2) is 11.5. The van der Waals surface area contributed by atoms with Gasteiger partial charge in [-0.1, -0.05) is 50.3 Å². The Balaban J connectivity index is 0.000000364. The summed E-state index contributed by atoms with van der Waals surface area (Å²) < 4.78 is 0. The van der Waals surface area contributed by atoms with Crippen molar-refractivity contribution in [2.24, 2.45) is 0 Å². The molecule has 3 heteroatoms. The first-order chi connectivity index (χ1) is 9.69. The van der Waals surface area contributed by atoms with E-state index >= 15 is 0 Å². The molecule has 0 aromatic carbocycles. The van der Waals surface area contributed by atoms with E-state index in [4.69, 9.17) is 0 Å². The predicted octanol–water partition coefficient (Wildman–Crippen LogP) is 4.11. The van der Waals surface area contributed by atoms with E-state index in [1.807, 2.05) is 63.1 Å². The Kier molecular flexibility index (Phi) is 10.8. The number of rotatable bonds is 6. The van der Waals surface area contributed by atoms with Crippen LogP contribution >= 0.6 is 0 Å². The van der Waals surface area contributed by atoms with Crippen LogP contribution in [0.15, 0.2) is 47.6 Å².